The summed E-state index contributed by atoms with van der Waals surface area (Å²) in [6, 6.07) is 12.8. The molecular formula is C21H21BN2O3. The summed E-state index contributed by atoms with van der Waals surface area (Å²) in [7, 11) is 7.74. The number of primary amides is 1. The van der Waals surface area contributed by atoms with Gasteiger partial charge in [0.05, 0.1) is 0 Å². The molecule has 3 aromatic rings. The van der Waals surface area contributed by atoms with E-state index < -0.39 is 5.63 Å². The molecule has 1 heterocycles. The van der Waals surface area contributed by atoms with E-state index in [-0.39, 0.29) is 5.91 Å². The third kappa shape index (κ3) is 4.40. The van der Waals surface area contributed by atoms with Crippen LogP contribution in [0.4, 0.5) is 5.69 Å². The molecule has 1 aromatic heterocycles. The summed E-state index contributed by atoms with van der Waals surface area (Å²) in [6.07, 6.45) is 2.75. The van der Waals surface area contributed by atoms with E-state index in [0.717, 1.165) is 47.0 Å². The van der Waals surface area contributed by atoms with Crippen LogP contribution < -0.4 is 22.1 Å². The number of amides is 1. The molecule has 0 saturated heterocycles. The highest BCUT2D eigenvalue weighted by molar-refractivity contribution is 6.32. The molecule has 0 aliphatic heterocycles. The highest BCUT2D eigenvalue weighted by Gasteiger charge is 2.12. The van der Waals surface area contributed by atoms with Gasteiger partial charge in [-0.2, -0.15) is 0 Å². The minimum atomic E-state index is -0.406. The predicted octanol–water partition coefficient (Wildman–Crippen LogP) is 2.49. The van der Waals surface area contributed by atoms with Gasteiger partial charge in [-0.25, -0.2) is 4.79 Å². The van der Waals surface area contributed by atoms with Crippen LogP contribution in [0.3, 0.4) is 0 Å². The van der Waals surface area contributed by atoms with Gasteiger partial charge >= 0.3 is 5.63 Å². The van der Waals surface area contributed by atoms with Gasteiger partial charge in [-0.1, -0.05) is 29.7 Å². The fourth-order valence-electron chi connectivity index (χ4n) is 3.25. The Morgan fingerprint density at radius 1 is 1.19 bits per heavy atom. The molecule has 0 saturated carbocycles. The lowest BCUT2D eigenvalue weighted by Crippen LogP contribution is -2.09. The number of carbonyl (C=O) groups is 1. The van der Waals surface area contributed by atoms with Crippen molar-refractivity contribution in [1.82, 2.24) is 0 Å². The van der Waals surface area contributed by atoms with Gasteiger partial charge in [0.25, 0.3) is 0 Å². The lowest BCUT2D eigenvalue weighted by atomic mass is 9.91. The van der Waals surface area contributed by atoms with E-state index >= 15 is 0 Å². The van der Waals surface area contributed by atoms with E-state index in [1.165, 1.54) is 6.07 Å². The summed E-state index contributed by atoms with van der Waals surface area (Å²) in [5, 5.41) is 4.00. The Kier molecular flexibility index (Phi) is 5.64. The summed E-state index contributed by atoms with van der Waals surface area (Å²) in [5.74, 6) is -0.284. The predicted molar refractivity (Wildman–Crippen MR) is 110 cm³/mol. The van der Waals surface area contributed by atoms with E-state index in [1.54, 1.807) is 6.07 Å². The van der Waals surface area contributed by atoms with Gasteiger partial charge in [0.15, 0.2) is 0 Å². The number of fused-ring (bicyclic) bond motifs is 1. The molecule has 0 aliphatic carbocycles. The largest absolute Gasteiger partial charge is 0.423 e. The zero-order valence-electron chi connectivity index (χ0n) is 15.2. The summed E-state index contributed by atoms with van der Waals surface area (Å²) in [6.45, 7) is 0. The Morgan fingerprint density at radius 2 is 2.00 bits per heavy atom. The summed E-state index contributed by atoms with van der Waals surface area (Å²) in [4.78, 5) is 23.0. The number of hydrogen-bond donors (Lipinski definition) is 2. The Morgan fingerprint density at radius 3 is 2.70 bits per heavy atom. The summed E-state index contributed by atoms with van der Waals surface area (Å²) < 4.78 is 5.42. The van der Waals surface area contributed by atoms with Crippen LogP contribution in [0.15, 0.2) is 51.7 Å². The third-order valence-corrected chi connectivity index (χ3v) is 4.55. The first kappa shape index (κ1) is 18.8. The second kappa shape index (κ2) is 8.12. The number of anilines is 1. The standard InChI is InChI=1S/C21H21BN2O3/c1-24-18-12-19-17(10-14(18)5-2-3-8-20(23)25)16(11-21(26)27-19)13-6-4-7-15(22)9-13/h4,6-7,9-12,24H,2-3,5,8H2,1H3,(H2,23,25). The molecule has 3 rings (SSSR count). The Bertz CT molecular complexity index is 1040. The average molecular weight is 360 g/mol. The first-order chi connectivity index (χ1) is 13.0. The maximum atomic E-state index is 12.1. The SMILES string of the molecule is [B]c1cccc(-c2cc(=O)oc3cc(NC)c(CCCCC(N)=O)cc23)c1. The molecule has 0 spiro atoms. The number of aryl methyl sites for hydroxylation is 1. The first-order valence-corrected chi connectivity index (χ1v) is 8.90. The molecule has 5 nitrogen and oxygen atoms in total. The van der Waals surface area contributed by atoms with Gasteiger partial charge in [-0.3, -0.25) is 4.79 Å². The van der Waals surface area contributed by atoms with Crippen LogP contribution in [0.5, 0.6) is 0 Å². The van der Waals surface area contributed by atoms with Crippen molar-refractivity contribution in [3.8, 4) is 11.1 Å². The van der Waals surface area contributed by atoms with Crippen molar-refractivity contribution < 1.29 is 9.21 Å². The lowest BCUT2D eigenvalue weighted by molar-refractivity contribution is -0.118. The van der Waals surface area contributed by atoms with Crippen LogP contribution in [0.25, 0.3) is 22.1 Å². The van der Waals surface area contributed by atoms with E-state index in [0.29, 0.717) is 17.5 Å². The maximum Gasteiger partial charge on any atom is 0.336 e. The molecule has 2 aromatic carbocycles. The van der Waals surface area contributed by atoms with Crippen LogP contribution in [-0.2, 0) is 11.2 Å². The zero-order chi connectivity index (χ0) is 19.4. The van der Waals surface area contributed by atoms with Crippen molar-refractivity contribution >= 4 is 35.9 Å². The number of carbonyl (C=O) groups excluding carboxylic acids is 1. The van der Waals surface area contributed by atoms with Gasteiger partial charge in [-0.05, 0) is 42.0 Å². The number of benzene rings is 2. The molecule has 1 amide bonds. The fraction of sp³-hybridized carbons (Fsp3) is 0.238. The number of hydrogen-bond acceptors (Lipinski definition) is 4. The van der Waals surface area contributed by atoms with Crippen LogP contribution >= 0.6 is 0 Å². The van der Waals surface area contributed by atoms with Gasteiger partial charge < -0.3 is 15.5 Å². The monoisotopic (exact) mass is 360 g/mol. The molecule has 0 unspecified atom stereocenters. The molecule has 6 heteroatoms. The molecule has 27 heavy (non-hydrogen) atoms. The highest BCUT2D eigenvalue weighted by atomic mass is 16.4. The molecule has 3 N–H and O–H groups in total. The topological polar surface area (TPSA) is 85.3 Å². The van der Waals surface area contributed by atoms with Crippen LogP contribution in [-0.4, -0.2) is 20.8 Å². The Balaban J connectivity index is 2.07. The number of nitrogens with one attached hydrogen (secondary N) is 1. The molecule has 136 valence electrons. The molecule has 0 atom stereocenters. The molecule has 0 aliphatic rings. The Hall–Kier alpha value is -3.02. The van der Waals surface area contributed by atoms with E-state index in [4.69, 9.17) is 18.0 Å². The highest BCUT2D eigenvalue weighted by Crippen LogP contribution is 2.31. The van der Waals surface area contributed by atoms with E-state index in [9.17, 15) is 9.59 Å². The number of nitrogens with two attached hydrogens (primary N) is 1. The normalized spacial score (nSPS) is 10.9. The van der Waals surface area contributed by atoms with Gasteiger partial charge in [0.2, 0.25) is 5.91 Å². The second-order valence-electron chi connectivity index (χ2n) is 6.53. The van der Waals surface area contributed by atoms with Gasteiger partial charge in [0.1, 0.15) is 13.4 Å². The zero-order valence-corrected chi connectivity index (χ0v) is 15.2. The smallest absolute Gasteiger partial charge is 0.336 e. The minimum Gasteiger partial charge on any atom is -0.423 e. The first-order valence-electron chi connectivity index (χ1n) is 8.90. The third-order valence-electron chi connectivity index (χ3n) is 4.55. The molecule has 0 bridgehead atoms. The van der Waals surface area contributed by atoms with E-state index in [2.05, 4.69) is 5.32 Å². The van der Waals surface area contributed by atoms with Crippen molar-refractivity contribution in [2.75, 3.05) is 12.4 Å². The average Bonchev–Trinajstić information content (AvgIpc) is 2.64. The lowest BCUT2D eigenvalue weighted by Gasteiger charge is -2.13. The summed E-state index contributed by atoms with van der Waals surface area (Å²) in [5.41, 5.74) is 9.59. The maximum absolute atomic E-state index is 12.1. The molecule has 0 fully saturated rings. The van der Waals surface area contributed by atoms with Crippen molar-refractivity contribution in [3.05, 3.63) is 58.4 Å². The summed E-state index contributed by atoms with van der Waals surface area (Å²) >= 11 is 0. The van der Waals surface area contributed by atoms with Crippen molar-refractivity contribution in [3.63, 3.8) is 0 Å². The van der Waals surface area contributed by atoms with Crippen molar-refractivity contribution in [2.24, 2.45) is 5.73 Å². The number of unbranched alkanes of at least 4 members (excludes halogenated alkanes) is 1. The fourth-order valence-corrected chi connectivity index (χ4v) is 3.25. The number of rotatable bonds is 7. The minimum absolute atomic E-state index is 0.284. The van der Waals surface area contributed by atoms with Crippen LogP contribution in [0, 0.1) is 0 Å². The van der Waals surface area contributed by atoms with Crippen LogP contribution in [0.2, 0.25) is 0 Å². The molecule has 2 radical (unpaired) electrons. The van der Waals surface area contributed by atoms with Crippen LogP contribution in [0.1, 0.15) is 24.8 Å². The molecular weight excluding hydrogens is 339 g/mol. The van der Waals surface area contributed by atoms with Gasteiger partial charge in [-0.15, -0.1) is 0 Å². The van der Waals surface area contributed by atoms with Gasteiger partial charge in [0, 0.05) is 36.7 Å². The quantitative estimate of drug-likeness (QED) is 0.385. The van der Waals surface area contributed by atoms with Crippen molar-refractivity contribution in [2.45, 2.75) is 25.7 Å². The van der Waals surface area contributed by atoms with E-state index in [1.807, 2.05) is 37.4 Å². The Labute approximate surface area is 159 Å². The van der Waals surface area contributed by atoms with Crippen molar-refractivity contribution in [1.29, 1.82) is 0 Å². The second-order valence-corrected chi connectivity index (χ2v) is 6.53.